The lowest BCUT2D eigenvalue weighted by Gasteiger charge is -2.29. The number of benzene rings is 1. The molecule has 1 N–H and O–H groups in total. The molecule has 0 aliphatic carbocycles. The zero-order chi connectivity index (χ0) is 14.6. The molecule has 1 aromatic rings. The van der Waals surface area contributed by atoms with E-state index in [-0.39, 0.29) is 0 Å². The van der Waals surface area contributed by atoms with Gasteiger partial charge in [0.1, 0.15) is 5.75 Å². The monoisotopic (exact) mass is 391 g/mol. The molecule has 0 atom stereocenters. The Hall–Kier alpha value is -0.0600. The molecule has 0 aliphatic rings. The number of ether oxygens (including phenoxy) is 1. The van der Waals surface area contributed by atoms with Crippen LogP contribution in [0.5, 0.6) is 5.75 Å². The molecule has 0 spiro atoms. The van der Waals surface area contributed by atoms with Crippen molar-refractivity contribution >= 4 is 31.9 Å². The molecule has 0 saturated carbocycles. The molecular formula is C15H23Br2NO. The first-order valence-corrected chi connectivity index (χ1v) is 8.09. The third-order valence-corrected chi connectivity index (χ3v) is 4.91. The third-order valence-electron chi connectivity index (χ3n) is 3.73. The van der Waals surface area contributed by atoms with Gasteiger partial charge in [0.2, 0.25) is 0 Å². The van der Waals surface area contributed by atoms with Gasteiger partial charge in [-0.3, -0.25) is 0 Å². The number of nitrogens with one attached hydrogen (secondary N) is 1. The Labute approximate surface area is 133 Å². The molecular weight excluding hydrogens is 370 g/mol. The number of halogens is 2. The van der Waals surface area contributed by atoms with Gasteiger partial charge in [-0.25, -0.2) is 0 Å². The Kier molecular flexibility index (Phi) is 6.34. The second-order valence-electron chi connectivity index (χ2n) is 5.84. The minimum atomic E-state index is 0.306. The molecule has 0 heterocycles. The van der Waals surface area contributed by atoms with E-state index in [1.807, 2.05) is 0 Å². The molecule has 1 rings (SSSR count). The Bertz CT molecular complexity index is 407. The molecule has 19 heavy (non-hydrogen) atoms. The summed E-state index contributed by atoms with van der Waals surface area (Å²) in [7, 11) is 1.67. The van der Waals surface area contributed by atoms with Gasteiger partial charge >= 0.3 is 0 Å². The van der Waals surface area contributed by atoms with Gasteiger partial charge in [-0.05, 0) is 60.9 Å². The van der Waals surface area contributed by atoms with Gasteiger partial charge in [0.05, 0.1) is 16.1 Å². The largest absolute Gasteiger partial charge is 0.494 e. The van der Waals surface area contributed by atoms with E-state index in [2.05, 4.69) is 77.0 Å². The van der Waals surface area contributed by atoms with E-state index < -0.39 is 0 Å². The number of hydrogen-bond acceptors (Lipinski definition) is 2. The summed E-state index contributed by atoms with van der Waals surface area (Å²) < 4.78 is 7.26. The molecule has 1 aromatic carbocycles. The molecule has 0 unspecified atom stereocenters. The van der Waals surface area contributed by atoms with Crippen LogP contribution in [0.25, 0.3) is 0 Å². The first-order chi connectivity index (χ1) is 8.77. The van der Waals surface area contributed by atoms with Crippen molar-refractivity contribution in [2.24, 2.45) is 11.3 Å². The van der Waals surface area contributed by atoms with Crippen molar-refractivity contribution in [3.05, 3.63) is 26.6 Å². The highest BCUT2D eigenvalue weighted by Crippen LogP contribution is 2.34. The molecule has 0 bridgehead atoms. The fourth-order valence-electron chi connectivity index (χ4n) is 1.64. The molecule has 0 aliphatic heterocycles. The lowest BCUT2D eigenvalue weighted by atomic mass is 9.81. The van der Waals surface area contributed by atoms with Crippen LogP contribution >= 0.6 is 31.9 Å². The van der Waals surface area contributed by atoms with Crippen LogP contribution in [-0.4, -0.2) is 13.7 Å². The minimum absolute atomic E-state index is 0.306. The zero-order valence-corrected chi connectivity index (χ0v) is 15.5. The van der Waals surface area contributed by atoms with Crippen LogP contribution in [0, 0.1) is 11.3 Å². The van der Waals surface area contributed by atoms with Crippen molar-refractivity contribution in [2.45, 2.75) is 34.2 Å². The lowest BCUT2D eigenvalue weighted by molar-refractivity contribution is 0.238. The predicted octanol–water partition coefficient (Wildman–Crippen LogP) is 4.99. The van der Waals surface area contributed by atoms with E-state index in [1.165, 1.54) is 5.56 Å². The van der Waals surface area contributed by atoms with Crippen LogP contribution in [0.3, 0.4) is 0 Å². The Morgan fingerprint density at radius 2 is 1.74 bits per heavy atom. The zero-order valence-electron chi connectivity index (χ0n) is 12.3. The standard InChI is InChI=1S/C15H23Br2NO/c1-10(2)15(3,4)9-18-8-11-6-12(16)14(19-5)13(17)7-11/h6-7,10,18H,8-9H2,1-5H3. The summed E-state index contributed by atoms with van der Waals surface area (Å²) in [5.74, 6) is 1.50. The fourth-order valence-corrected chi connectivity index (χ4v) is 3.25. The van der Waals surface area contributed by atoms with E-state index in [0.717, 1.165) is 27.8 Å². The molecule has 0 amide bonds. The van der Waals surface area contributed by atoms with Crippen molar-refractivity contribution in [2.75, 3.05) is 13.7 Å². The van der Waals surface area contributed by atoms with Crippen LogP contribution < -0.4 is 10.1 Å². The Morgan fingerprint density at radius 3 is 2.16 bits per heavy atom. The summed E-state index contributed by atoms with van der Waals surface area (Å²) in [5, 5.41) is 3.53. The summed E-state index contributed by atoms with van der Waals surface area (Å²) in [6.45, 7) is 11.0. The molecule has 0 aromatic heterocycles. The van der Waals surface area contributed by atoms with E-state index in [1.54, 1.807) is 7.11 Å². The van der Waals surface area contributed by atoms with E-state index in [4.69, 9.17) is 4.74 Å². The highest BCUT2D eigenvalue weighted by atomic mass is 79.9. The SMILES string of the molecule is COc1c(Br)cc(CNCC(C)(C)C(C)C)cc1Br. The highest BCUT2D eigenvalue weighted by Gasteiger charge is 2.21. The smallest absolute Gasteiger partial charge is 0.147 e. The maximum Gasteiger partial charge on any atom is 0.147 e. The first kappa shape index (κ1) is 17.0. The third kappa shape index (κ3) is 4.76. The maximum atomic E-state index is 5.31. The van der Waals surface area contributed by atoms with Gasteiger partial charge < -0.3 is 10.1 Å². The van der Waals surface area contributed by atoms with Gasteiger partial charge in [0.15, 0.2) is 0 Å². The normalized spacial score (nSPS) is 12.0. The van der Waals surface area contributed by atoms with Gasteiger partial charge in [0.25, 0.3) is 0 Å². The van der Waals surface area contributed by atoms with E-state index in [0.29, 0.717) is 11.3 Å². The van der Waals surface area contributed by atoms with Crippen LogP contribution in [-0.2, 0) is 6.54 Å². The molecule has 0 radical (unpaired) electrons. The summed E-state index contributed by atoms with van der Waals surface area (Å²) in [4.78, 5) is 0. The second kappa shape index (κ2) is 7.09. The Morgan fingerprint density at radius 1 is 1.21 bits per heavy atom. The van der Waals surface area contributed by atoms with Gasteiger partial charge in [-0.2, -0.15) is 0 Å². The lowest BCUT2D eigenvalue weighted by Crippen LogP contribution is -2.33. The van der Waals surface area contributed by atoms with Gasteiger partial charge in [0, 0.05) is 13.1 Å². The van der Waals surface area contributed by atoms with E-state index >= 15 is 0 Å². The minimum Gasteiger partial charge on any atom is -0.494 e. The van der Waals surface area contributed by atoms with Crippen LogP contribution in [0.4, 0.5) is 0 Å². The van der Waals surface area contributed by atoms with Crippen LogP contribution in [0.2, 0.25) is 0 Å². The summed E-state index contributed by atoms with van der Waals surface area (Å²) in [5.41, 5.74) is 1.54. The average Bonchev–Trinajstić information content (AvgIpc) is 2.28. The van der Waals surface area contributed by atoms with Gasteiger partial charge in [-0.15, -0.1) is 0 Å². The molecule has 4 heteroatoms. The number of hydrogen-bond donors (Lipinski definition) is 1. The topological polar surface area (TPSA) is 21.3 Å². The Balaban J connectivity index is 2.65. The summed E-state index contributed by atoms with van der Waals surface area (Å²) in [6.07, 6.45) is 0. The van der Waals surface area contributed by atoms with Crippen molar-refractivity contribution < 1.29 is 4.74 Å². The molecule has 0 fully saturated rings. The number of rotatable bonds is 6. The second-order valence-corrected chi connectivity index (χ2v) is 7.55. The van der Waals surface area contributed by atoms with Crippen LogP contribution in [0.15, 0.2) is 21.1 Å². The van der Waals surface area contributed by atoms with Crippen molar-refractivity contribution in [1.82, 2.24) is 5.32 Å². The first-order valence-electron chi connectivity index (χ1n) is 6.50. The molecule has 0 saturated heterocycles. The summed E-state index contributed by atoms with van der Waals surface area (Å²) >= 11 is 7.06. The van der Waals surface area contributed by atoms with Crippen molar-refractivity contribution in [1.29, 1.82) is 0 Å². The quantitative estimate of drug-likeness (QED) is 0.735. The van der Waals surface area contributed by atoms with Gasteiger partial charge in [-0.1, -0.05) is 27.7 Å². The van der Waals surface area contributed by atoms with Crippen LogP contribution in [0.1, 0.15) is 33.3 Å². The van der Waals surface area contributed by atoms with Crippen molar-refractivity contribution in [3.63, 3.8) is 0 Å². The maximum absolute atomic E-state index is 5.31. The van der Waals surface area contributed by atoms with Crippen molar-refractivity contribution in [3.8, 4) is 5.75 Å². The molecule has 2 nitrogen and oxygen atoms in total. The fraction of sp³-hybridized carbons (Fsp3) is 0.600. The highest BCUT2D eigenvalue weighted by molar-refractivity contribution is 9.11. The molecule has 108 valence electrons. The van der Waals surface area contributed by atoms with E-state index in [9.17, 15) is 0 Å². The summed E-state index contributed by atoms with van der Waals surface area (Å²) in [6, 6.07) is 4.19. The number of methoxy groups -OCH3 is 1. The predicted molar refractivity (Wildman–Crippen MR) is 88.7 cm³/mol. The average molecular weight is 393 g/mol.